The lowest BCUT2D eigenvalue weighted by molar-refractivity contribution is 0.0765. The summed E-state index contributed by atoms with van der Waals surface area (Å²) >= 11 is 2.23. The Labute approximate surface area is 108 Å². The van der Waals surface area contributed by atoms with Crippen molar-refractivity contribution in [1.82, 2.24) is 0 Å². The van der Waals surface area contributed by atoms with Gasteiger partial charge in [0.05, 0.1) is 30.6 Å². The SMILES string of the molecule is N#CC1CN(c2ccc(I)cc2N)CCO1. The number of benzene rings is 1. The van der Waals surface area contributed by atoms with E-state index in [-0.39, 0.29) is 6.10 Å². The summed E-state index contributed by atoms with van der Waals surface area (Å²) < 4.78 is 6.41. The molecule has 0 saturated carbocycles. The lowest BCUT2D eigenvalue weighted by Crippen LogP contribution is -2.42. The van der Waals surface area contributed by atoms with Gasteiger partial charge in [-0.1, -0.05) is 0 Å². The third-order valence-corrected chi connectivity index (χ3v) is 3.21. The summed E-state index contributed by atoms with van der Waals surface area (Å²) in [5.41, 5.74) is 7.71. The van der Waals surface area contributed by atoms with E-state index in [0.29, 0.717) is 13.2 Å². The average molecular weight is 329 g/mol. The lowest BCUT2D eigenvalue weighted by Gasteiger charge is -2.32. The number of nitrogen functional groups attached to an aromatic ring is 1. The number of hydrogen-bond donors (Lipinski definition) is 1. The molecule has 1 atom stereocenters. The second-order valence-electron chi connectivity index (χ2n) is 3.64. The predicted molar refractivity (Wildman–Crippen MR) is 71.1 cm³/mol. The van der Waals surface area contributed by atoms with Gasteiger partial charge in [0, 0.05) is 10.1 Å². The van der Waals surface area contributed by atoms with Gasteiger partial charge in [0.2, 0.25) is 0 Å². The number of nitriles is 1. The molecule has 0 radical (unpaired) electrons. The van der Waals surface area contributed by atoms with Gasteiger partial charge < -0.3 is 15.4 Å². The Morgan fingerprint density at radius 2 is 2.38 bits per heavy atom. The zero-order valence-corrected chi connectivity index (χ0v) is 10.8. The summed E-state index contributed by atoms with van der Waals surface area (Å²) in [5.74, 6) is 0. The molecule has 2 N–H and O–H groups in total. The van der Waals surface area contributed by atoms with E-state index >= 15 is 0 Å². The second-order valence-corrected chi connectivity index (χ2v) is 4.88. The maximum atomic E-state index is 8.84. The number of morpholine rings is 1. The molecule has 1 fully saturated rings. The van der Waals surface area contributed by atoms with Crippen molar-refractivity contribution in [3.8, 4) is 6.07 Å². The predicted octanol–water partition coefficient (Wildman–Crippen LogP) is 1.60. The summed E-state index contributed by atoms with van der Waals surface area (Å²) in [6.07, 6.45) is -0.354. The van der Waals surface area contributed by atoms with Crippen LogP contribution in [0.15, 0.2) is 18.2 Å². The van der Waals surface area contributed by atoms with Crippen LogP contribution in [0.5, 0.6) is 0 Å². The van der Waals surface area contributed by atoms with E-state index in [1.165, 1.54) is 0 Å². The van der Waals surface area contributed by atoms with Crippen LogP contribution in [0.3, 0.4) is 0 Å². The van der Waals surface area contributed by atoms with Crippen molar-refractivity contribution < 1.29 is 4.74 Å². The maximum Gasteiger partial charge on any atom is 0.161 e. The molecule has 0 bridgehead atoms. The molecule has 1 aliphatic rings. The molecule has 1 saturated heterocycles. The normalized spacial score (nSPS) is 20.5. The van der Waals surface area contributed by atoms with Gasteiger partial charge in [0.1, 0.15) is 0 Å². The van der Waals surface area contributed by atoms with Crippen LogP contribution in [-0.2, 0) is 4.74 Å². The van der Waals surface area contributed by atoms with Crippen LogP contribution in [0.4, 0.5) is 11.4 Å². The molecule has 1 aromatic rings. The Bertz CT molecular complexity index is 430. The molecule has 1 aromatic carbocycles. The maximum absolute atomic E-state index is 8.84. The smallest absolute Gasteiger partial charge is 0.161 e. The van der Waals surface area contributed by atoms with Crippen LogP contribution in [0.25, 0.3) is 0 Å². The van der Waals surface area contributed by atoms with Crippen LogP contribution in [-0.4, -0.2) is 25.8 Å². The van der Waals surface area contributed by atoms with Gasteiger partial charge in [-0.05, 0) is 40.8 Å². The topological polar surface area (TPSA) is 62.3 Å². The molecule has 0 aliphatic carbocycles. The van der Waals surface area contributed by atoms with Crippen molar-refractivity contribution in [2.24, 2.45) is 0 Å². The van der Waals surface area contributed by atoms with Gasteiger partial charge in [-0.2, -0.15) is 5.26 Å². The summed E-state index contributed by atoms with van der Waals surface area (Å²) in [6, 6.07) is 8.08. The van der Waals surface area contributed by atoms with E-state index in [1.807, 2.05) is 18.2 Å². The molecule has 16 heavy (non-hydrogen) atoms. The van der Waals surface area contributed by atoms with E-state index in [2.05, 4.69) is 33.6 Å². The number of nitrogens with zero attached hydrogens (tertiary/aromatic N) is 2. The summed E-state index contributed by atoms with van der Waals surface area (Å²) in [7, 11) is 0. The summed E-state index contributed by atoms with van der Waals surface area (Å²) in [4.78, 5) is 2.10. The largest absolute Gasteiger partial charge is 0.397 e. The Morgan fingerprint density at radius 3 is 3.06 bits per heavy atom. The summed E-state index contributed by atoms with van der Waals surface area (Å²) in [6.45, 7) is 1.94. The fraction of sp³-hybridized carbons (Fsp3) is 0.364. The average Bonchev–Trinajstić information content (AvgIpc) is 2.29. The minimum absolute atomic E-state index is 0.354. The lowest BCUT2D eigenvalue weighted by atomic mass is 10.2. The fourth-order valence-electron chi connectivity index (χ4n) is 1.76. The van der Waals surface area contributed by atoms with Crippen molar-refractivity contribution in [3.63, 3.8) is 0 Å². The third-order valence-electron chi connectivity index (χ3n) is 2.54. The molecular weight excluding hydrogens is 317 g/mol. The number of anilines is 2. The molecule has 1 heterocycles. The van der Waals surface area contributed by atoms with Gasteiger partial charge in [0.25, 0.3) is 0 Å². The zero-order valence-electron chi connectivity index (χ0n) is 8.69. The highest BCUT2D eigenvalue weighted by Crippen LogP contribution is 2.26. The third kappa shape index (κ3) is 2.39. The van der Waals surface area contributed by atoms with E-state index in [9.17, 15) is 0 Å². The number of ether oxygens (including phenoxy) is 1. The van der Waals surface area contributed by atoms with Crippen LogP contribution < -0.4 is 10.6 Å². The Balaban J connectivity index is 2.20. The zero-order chi connectivity index (χ0) is 11.5. The number of halogens is 1. The highest BCUT2D eigenvalue weighted by molar-refractivity contribution is 14.1. The molecule has 1 unspecified atom stereocenters. The minimum Gasteiger partial charge on any atom is -0.397 e. The quantitative estimate of drug-likeness (QED) is 0.628. The van der Waals surface area contributed by atoms with Gasteiger partial charge >= 0.3 is 0 Å². The van der Waals surface area contributed by atoms with E-state index in [0.717, 1.165) is 21.5 Å². The molecule has 84 valence electrons. The van der Waals surface area contributed by atoms with E-state index < -0.39 is 0 Å². The number of rotatable bonds is 1. The van der Waals surface area contributed by atoms with Crippen LogP contribution in [0.2, 0.25) is 0 Å². The fourth-order valence-corrected chi connectivity index (χ4v) is 2.27. The van der Waals surface area contributed by atoms with Gasteiger partial charge in [-0.15, -0.1) is 0 Å². The molecule has 2 rings (SSSR count). The molecule has 0 amide bonds. The van der Waals surface area contributed by atoms with Gasteiger partial charge in [-0.3, -0.25) is 0 Å². The van der Waals surface area contributed by atoms with E-state index in [4.69, 9.17) is 15.7 Å². The van der Waals surface area contributed by atoms with E-state index in [1.54, 1.807) is 0 Å². The van der Waals surface area contributed by atoms with Crippen molar-refractivity contribution in [1.29, 1.82) is 5.26 Å². The molecule has 4 nitrogen and oxygen atoms in total. The minimum atomic E-state index is -0.354. The highest BCUT2D eigenvalue weighted by Gasteiger charge is 2.21. The molecule has 5 heteroatoms. The van der Waals surface area contributed by atoms with Gasteiger partial charge in [-0.25, -0.2) is 0 Å². The van der Waals surface area contributed by atoms with Crippen molar-refractivity contribution in [2.75, 3.05) is 30.3 Å². The molecular formula is C11H12IN3O. The van der Waals surface area contributed by atoms with Crippen LogP contribution >= 0.6 is 22.6 Å². The number of nitrogens with two attached hydrogens (primary N) is 1. The van der Waals surface area contributed by atoms with Gasteiger partial charge in [0.15, 0.2) is 6.10 Å². The first-order chi connectivity index (χ1) is 7.70. The van der Waals surface area contributed by atoms with Crippen LogP contribution in [0.1, 0.15) is 0 Å². The van der Waals surface area contributed by atoms with Crippen molar-refractivity contribution in [3.05, 3.63) is 21.8 Å². The molecule has 1 aliphatic heterocycles. The molecule has 0 spiro atoms. The Morgan fingerprint density at radius 1 is 1.56 bits per heavy atom. The van der Waals surface area contributed by atoms with Crippen molar-refractivity contribution >= 4 is 34.0 Å². The monoisotopic (exact) mass is 329 g/mol. The Hall–Kier alpha value is -1.00. The number of hydrogen-bond acceptors (Lipinski definition) is 4. The summed E-state index contributed by atoms with van der Waals surface area (Å²) in [5, 5.41) is 8.84. The first-order valence-electron chi connectivity index (χ1n) is 5.02. The Kier molecular flexibility index (Phi) is 3.51. The standard InChI is InChI=1S/C11H12IN3O/c12-8-1-2-11(10(14)5-8)15-3-4-16-9(6-13)7-15/h1-2,5,9H,3-4,7,14H2. The van der Waals surface area contributed by atoms with Crippen molar-refractivity contribution in [2.45, 2.75) is 6.10 Å². The first-order valence-corrected chi connectivity index (χ1v) is 6.10. The molecule has 0 aromatic heterocycles. The second kappa shape index (κ2) is 4.89. The highest BCUT2D eigenvalue weighted by atomic mass is 127. The van der Waals surface area contributed by atoms with Crippen LogP contribution in [0, 0.1) is 14.9 Å². The first kappa shape index (κ1) is 11.5.